The molecular weight excluding hydrogens is 300 g/mol. The predicted octanol–water partition coefficient (Wildman–Crippen LogP) is 4.10. The molecule has 1 saturated heterocycles. The highest BCUT2D eigenvalue weighted by molar-refractivity contribution is 9.10. The van der Waals surface area contributed by atoms with Crippen molar-refractivity contribution in [2.75, 3.05) is 13.1 Å². The van der Waals surface area contributed by atoms with Crippen LogP contribution in [0.5, 0.6) is 0 Å². The summed E-state index contributed by atoms with van der Waals surface area (Å²) in [5.41, 5.74) is 7.45. The Morgan fingerprint density at radius 3 is 2.79 bits per heavy atom. The molecule has 0 saturated carbocycles. The van der Waals surface area contributed by atoms with Gasteiger partial charge in [0, 0.05) is 23.1 Å². The number of likely N-dealkylation sites (tertiary alicyclic amines) is 1. The van der Waals surface area contributed by atoms with Crippen molar-refractivity contribution in [2.45, 2.75) is 51.1 Å². The highest BCUT2D eigenvalue weighted by atomic mass is 79.9. The topological polar surface area (TPSA) is 29.3 Å². The summed E-state index contributed by atoms with van der Waals surface area (Å²) in [5.74, 6) is 0. The maximum atomic E-state index is 6.11. The molecule has 0 radical (unpaired) electrons. The van der Waals surface area contributed by atoms with Crippen LogP contribution in [0.4, 0.5) is 0 Å². The molecule has 2 nitrogen and oxygen atoms in total. The van der Waals surface area contributed by atoms with Gasteiger partial charge in [-0.15, -0.1) is 0 Å². The fourth-order valence-electron chi connectivity index (χ4n) is 3.23. The van der Waals surface area contributed by atoms with Gasteiger partial charge in [-0.2, -0.15) is 0 Å². The predicted molar refractivity (Wildman–Crippen MR) is 85.2 cm³/mol. The smallest absolute Gasteiger partial charge is 0.0484 e. The van der Waals surface area contributed by atoms with Crippen molar-refractivity contribution in [3.8, 4) is 0 Å². The average molecular weight is 325 g/mol. The molecule has 1 aromatic rings. The molecule has 1 fully saturated rings. The third-order valence-electron chi connectivity index (χ3n) is 4.28. The molecule has 2 atom stereocenters. The Bertz CT molecular complexity index is 394. The van der Waals surface area contributed by atoms with Crippen LogP contribution in [0.1, 0.15) is 50.6 Å². The van der Waals surface area contributed by atoms with E-state index >= 15 is 0 Å². The lowest BCUT2D eigenvalue weighted by atomic mass is 10.0. The second kappa shape index (κ2) is 7.41. The van der Waals surface area contributed by atoms with E-state index in [1.807, 2.05) is 0 Å². The molecule has 0 aromatic heterocycles. The highest BCUT2D eigenvalue weighted by Gasteiger charge is 2.27. The second-order valence-corrected chi connectivity index (χ2v) is 6.28. The second-order valence-electron chi connectivity index (χ2n) is 5.42. The van der Waals surface area contributed by atoms with Crippen LogP contribution in [0.3, 0.4) is 0 Å². The summed E-state index contributed by atoms with van der Waals surface area (Å²) in [6.45, 7) is 4.18. The Morgan fingerprint density at radius 2 is 2.11 bits per heavy atom. The van der Waals surface area contributed by atoms with E-state index in [0.29, 0.717) is 18.6 Å². The van der Waals surface area contributed by atoms with Crippen LogP contribution in [0.2, 0.25) is 0 Å². The van der Waals surface area contributed by atoms with E-state index in [1.54, 1.807) is 0 Å². The van der Waals surface area contributed by atoms with Crippen LogP contribution in [-0.4, -0.2) is 24.0 Å². The van der Waals surface area contributed by atoms with Crippen molar-refractivity contribution in [2.24, 2.45) is 5.73 Å². The summed E-state index contributed by atoms with van der Waals surface area (Å²) >= 11 is 3.68. The van der Waals surface area contributed by atoms with E-state index in [-0.39, 0.29) is 0 Å². The first kappa shape index (κ1) is 15.0. The standard InChI is InChI=1S/C16H25BrN2/c1-2-13-8-4-3-7-11-19(13)16(12-18)14-9-5-6-10-15(14)17/h5-6,9-10,13,16H,2-4,7-8,11-12,18H2,1H3. The number of hydrogen-bond donors (Lipinski definition) is 1. The summed E-state index contributed by atoms with van der Waals surface area (Å²) in [7, 11) is 0. The molecule has 106 valence electrons. The number of hydrogen-bond acceptors (Lipinski definition) is 2. The first-order valence-corrected chi connectivity index (χ1v) is 8.27. The molecular formula is C16H25BrN2. The van der Waals surface area contributed by atoms with E-state index in [0.717, 1.165) is 0 Å². The van der Waals surface area contributed by atoms with Crippen molar-refractivity contribution >= 4 is 15.9 Å². The monoisotopic (exact) mass is 324 g/mol. The van der Waals surface area contributed by atoms with Gasteiger partial charge in [0.1, 0.15) is 0 Å². The van der Waals surface area contributed by atoms with Crippen molar-refractivity contribution in [3.05, 3.63) is 34.3 Å². The lowest BCUT2D eigenvalue weighted by molar-refractivity contribution is 0.135. The molecule has 0 aliphatic carbocycles. The number of benzene rings is 1. The van der Waals surface area contributed by atoms with Crippen LogP contribution in [0.15, 0.2) is 28.7 Å². The van der Waals surface area contributed by atoms with Crippen molar-refractivity contribution in [1.29, 1.82) is 0 Å². The van der Waals surface area contributed by atoms with Crippen LogP contribution < -0.4 is 5.73 Å². The van der Waals surface area contributed by atoms with Gasteiger partial charge < -0.3 is 5.73 Å². The van der Waals surface area contributed by atoms with Gasteiger partial charge in [-0.1, -0.05) is 53.9 Å². The van der Waals surface area contributed by atoms with Gasteiger partial charge in [-0.05, 0) is 37.4 Å². The van der Waals surface area contributed by atoms with Gasteiger partial charge in [-0.25, -0.2) is 0 Å². The summed E-state index contributed by atoms with van der Waals surface area (Å²) < 4.78 is 1.18. The van der Waals surface area contributed by atoms with Crippen LogP contribution in [-0.2, 0) is 0 Å². The molecule has 2 N–H and O–H groups in total. The maximum Gasteiger partial charge on any atom is 0.0484 e. The summed E-state index contributed by atoms with van der Waals surface area (Å²) in [5, 5.41) is 0. The Labute approximate surface area is 125 Å². The maximum absolute atomic E-state index is 6.11. The van der Waals surface area contributed by atoms with Crippen molar-refractivity contribution in [1.82, 2.24) is 4.90 Å². The Balaban J connectivity index is 2.26. The van der Waals surface area contributed by atoms with E-state index < -0.39 is 0 Å². The minimum Gasteiger partial charge on any atom is -0.329 e. The molecule has 2 unspecified atom stereocenters. The SMILES string of the molecule is CCC1CCCCCN1C(CN)c1ccccc1Br. The minimum atomic E-state index is 0.346. The van der Waals surface area contributed by atoms with Gasteiger partial charge in [-0.3, -0.25) is 4.90 Å². The van der Waals surface area contributed by atoms with E-state index in [4.69, 9.17) is 5.73 Å². The summed E-state index contributed by atoms with van der Waals surface area (Å²) in [4.78, 5) is 2.65. The Kier molecular flexibility index (Phi) is 5.86. The van der Waals surface area contributed by atoms with Gasteiger partial charge in [0.25, 0.3) is 0 Å². The van der Waals surface area contributed by atoms with Gasteiger partial charge in [0.2, 0.25) is 0 Å². The van der Waals surface area contributed by atoms with Gasteiger partial charge >= 0.3 is 0 Å². The zero-order valence-corrected chi connectivity index (χ0v) is 13.4. The fourth-order valence-corrected chi connectivity index (χ4v) is 3.78. The summed E-state index contributed by atoms with van der Waals surface area (Å²) in [6, 6.07) is 9.54. The third kappa shape index (κ3) is 3.59. The van der Waals surface area contributed by atoms with Gasteiger partial charge in [0.15, 0.2) is 0 Å². The lowest BCUT2D eigenvalue weighted by Crippen LogP contribution is -2.41. The Hall–Kier alpha value is -0.380. The molecule has 1 aliphatic heterocycles. The van der Waals surface area contributed by atoms with E-state index in [9.17, 15) is 0 Å². The first-order chi connectivity index (χ1) is 9.27. The molecule has 2 rings (SSSR count). The normalized spacial score (nSPS) is 23.0. The number of halogens is 1. The minimum absolute atomic E-state index is 0.346. The lowest BCUT2D eigenvalue weighted by Gasteiger charge is -2.37. The van der Waals surface area contributed by atoms with Crippen molar-refractivity contribution in [3.63, 3.8) is 0 Å². The van der Waals surface area contributed by atoms with Crippen LogP contribution in [0, 0.1) is 0 Å². The van der Waals surface area contributed by atoms with Crippen LogP contribution in [0.25, 0.3) is 0 Å². The fraction of sp³-hybridized carbons (Fsp3) is 0.625. The zero-order valence-electron chi connectivity index (χ0n) is 11.8. The Morgan fingerprint density at radius 1 is 1.32 bits per heavy atom. The molecule has 19 heavy (non-hydrogen) atoms. The first-order valence-electron chi connectivity index (χ1n) is 7.48. The number of rotatable bonds is 4. The number of nitrogens with zero attached hydrogens (tertiary/aromatic N) is 1. The molecule has 0 amide bonds. The summed E-state index contributed by atoms with van der Waals surface area (Å²) in [6.07, 6.45) is 6.57. The quantitative estimate of drug-likeness (QED) is 0.903. The molecule has 0 spiro atoms. The number of nitrogens with two attached hydrogens (primary N) is 1. The molecule has 1 aromatic carbocycles. The van der Waals surface area contributed by atoms with E-state index in [2.05, 4.69) is 52.0 Å². The van der Waals surface area contributed by atoms with Crippen molar-refractivity contribution < 1.29 is 0 Å². The average Bonchev–Trinajstić information content (AvgIpc) is 2.67. The molecule has 3 heteroatoms. The largest absolute Gasteiger partial charge is 0.329 e. The van der Waals surface area contributed by atoms with Gasteiger partial charge in [0.05, 0.1) is 0 Å². The molecule has 1 aliphatic rings. The van der Waals surface area contributed by atoms with E-state index in [1.165, 1.54) is 48.7 Å². The highest BCUT2D eigenvalue weighted by Crippen LogP contribution is 2.32. The van der Waals surface area contributed by atoms with Crippen LogP contribution >= 0.6 is 15.9 Å². The zero-order chi connectivity index (χ0) is 13.7. The molecule has 1 heterocycles. The third-order valence-corrected chi connectivity index (χ3v) is 5.00. The molecule has 0 bridgehead atoms.